The van der Waals surface area contributed by atoms with Crippen LogP contribution in [0.5, 0.6) is 0 Å². The summed E-state index contributed by atoms with van der Waals surface area (Å²) in [7, 11) is 0. The SMILES string of the molecule is CC(=O)OC[C@@H]1O[C@@H](NC(=S)Nc2cccc(C)c2)[C@@H](OC(C)=O)[C@H](OC(C)=O)[C@@H]1OC(C)=O. The van der Waals surface area contributed by atoms with Crippen LogP contribution in [0.4, 0.5) is 5.69 Å². The van der Waals surface area contributed by atoms with Gasteiger partial charge in [-0.1, -0.05) is 12.1 Å². The van der Waals surface area contributed by atoms with Crippen molar-refractivity contribution in [2.75, 3.05) is 11.9 Å². The first-order valence-electron chi connectivity index (χ1n) is 10.4. The molecule has 1 aliphatic heterocycles. The molecule has 1 aromatic rings. The maximum atomic E-state index is 11.9. The Balaban J connectivity index is 2.36. The topological polar surface area (TPSA) is 138 Å². The molecule has 0 amide bonds. The van der Waals surface area contributed by atoms with E-state index in [2.05, 4.69) is 10.6 Å². The van der Waals surface area contributed by atoms with E-state index >= 15 is 0 Å². The first kappa shape index (κ1) is 27.0. The van der Waals surface area contributed by atoms with Crippen LogP contribution in [-0.2, 0) is 42.9 Å². The second-order valence-electron chi connectivity index (χ2n) is 7.59. The Kier molecular flexibility index (Phi) is 9.75. The van der Waals surface area contributed by atoms with Crippen LogP contribution < -0.4 is 10.6 Å². The third-order valence-electron chi connectivity index (χ3n) is 4.54. The van der Waals surface area contributed by atoms with Crippen molar-refractivity contribution in [1.82, 2.24) is 5.32 Å². The van der Waals surface area contributed by atoms with Gasteiger partial charge in [0.1, 0.15) is 12.7 Å². The van der Waals surface area contributed by atoms with Crippen molar-refractivity contribution < 1.29 is 42.9 Å². The summed E-state index contributed by atoms with van der Waals surface area (Å²) in [5.74, 6) is -2.72. The van der Waals surface area contributed by atoms with Gasteiger partial charge < -0.3 is 34.3 Å². The summed E-state index contributed by atoms with van der Waals surface area (Å²) in [6.07, 6.45) is -5.98. The number of rotatable bonds is 7. The second kappa shape index (κ2) is 12.3. The molecule has 0 saturated carbocycles. The molecule has 0 aliphatic carbocycles. The lowest BCUT2D eigenvalue weighted by Crippen LogP contribution is -2.66. The number of nitrogens with one attached hydrogen (secondary N) is 2. The maximum absolute atomic E-state index is 11.9. The minimum Gasteiger partial charge on any atom is -0.463 e. The molecule has 1 fully saturated rings. The van der Waals surface area contributed by atoms with Crippen LogP contribution >= 0.6 is 12.2 Å². The smallest absolute Gasteiger partial charge is 0.303 e. The molecule has 186 valence electrons. The molecule has 0 bridgehead atoms. The van der Waals surface area contributed by atoms with Gasteiger partial charge in [-0.25, -0.2) is 0 Å². The lowest BCUT2D eigenvalue weighted by atomic mass is 9.97. The number of thiocarbonyl (C=S) groups is 1. The number of aryl methyl sites for hydroxylation is 1. The highest BCUT2D eigenvalue weighted by Gasteiger charge is 2.52. The van der Waals surface area contributed by atoms with E-state index in [4.69, 9.17) is 35.9 Å². The third-order valence-corrected chi connectivity index (χ3v) is 4.76. The van der Waals surface area contributed by atoms with Gasteiger partial charge in [-0.2, -0.15) is 0 Å². The number of esters is 4. The van der Waals surface area contributed by atoms with Gasteiger partial charge in [0.2, 0.25) is 0 Å². The highest BCUT2D eigenvalue weighted by Crippen LogP contribution is 2.28. The highest BCUT2D eigenvalue weighted by atomic mass is 32.1. The third kappa shape index (κ3) is 8.27. The molecule has 0 radical (unpaired) electrons. The Morgan fingerprint density at radius 3 is 2.06 bits per heavy atom. The molecule has 1 aliphatic rings. The lowest BCUT2D eigenvalue weighted by Gasteiger charge is -2.44. The van der Waals surface area contributed by atoms with Crippen molar-refractivity contribution in [3.8, 4) is 0 Å². The predicted octanol–water partition coefficient (Wildman–Crippen LogP) is 1.36. The molecule has 5 atom stereocenters. The fraction of sp³-hybridized carbons (Fsp3) is 0.500. The first-order valence-corrected chi connectivity index (χ1v) is 10.8. The highest BCUT2D eigenvalue weighted by molar-refractivity contribution is 7.80. The Morgan fingerprint density at radius 2 is 1.50 bits per heavy atom. The monoisotopic (exact) mass is 496 g/mol. The van der Waals surface area contributed by atoms with Gasteiger partial charge in [0.15, 0.2) is 29.7 Å². The first-order chi connectivity index (χ1) is 16.0. The van der Waals surface area contributed by atoms with Crippen LogP contribution in [0, 0.1) is 6.92 Å². The number of carbonyl (C=O) groups excluding carboxylic acids is 4. The zero-order valence-corrected chi connectivity index (χ0v) is 20.3. The predicted molar refractivity (Wildman–Crippen MR) is 122 cm³/mol. The summed E-state index contributed by atoms with van der Waals surface area (Å²) >= 11 is 5.38. The second-order valence-corrected chi connectivity index (χ2v) is 8.00. The van der Waals surface area contributed by atoms with E-state index in [1.54, 1.807) is 6.07 Å². The van der Waals surface area contributed by atoms with Gasteiger partial charge in [-0.05, 0) is 36.8 Å². The summed E-state index contributed by atoms with van der Waals surface area (Å²) < 4.78 is 27.1. The van der Waals surface area contributed by atoms with Gasteiger partial charge in [0.05, 0.1) is 0 Å². The van der Waals surface area contributed by atoms with Crippen molar-refractivity contribution in [3.05, 3.63) is 29.8 Å². The van der Waals surface area contributed by atoms with Crippen LogP contribution in [0.25, 0.3) is 0 Å². The maximum Gasteiger partial charge on any atom is 0.303 e. The summed E-state index contributed by atoms with van der Waals surface area (Å²) in [5, 5.41) is 5.99. The fourth-order valence-corrected chi connectivity index (χ4v) is 3.60. The van der Waals surface area contributed by atoms with E-state index in [9.17, 15) is 19.2 Å². The Bertz CT molecular complexity index is 939. The molecule has 11 nitrogen and oxygen atoms in total. The zero-order valence-electron chi connectivity index (χ0n) is 19.5. The molecule has 0 spiro atoms. The quantitative estimate of drug-likeness (QED) is 0.320. The number of carbonyl (C=O) groups is 4. The molecule has 1 heterocycles. The number of ether oxygens (including phenoxy) is 5. The molecule has 1 saturated heterocycles. The minimum atomic E-state index is -1.28. The van der Waals surface area contributed by atoms with Gasteiger partial charge in [-0.3, -0.25) is 19.2 Å². The van der Waals surface area contributed by atoms with E-state index in [0.717, 1.165) is 26.3 Å². The van der Waals surface area contributed by atoms with Gasteiger partial charge in [-0.15, -0.1) is 0 Å². The zero-order chi connectivity index (χ0) is 25.4. The van der Waals surface area contributed by atoms with E-state index < -0.39 is 54.5 Å². The van der Waals surface area contributed by atoms with Crippen LogP contribution in [0.3, 0.4) is 0 Å². The van der Waals surface area contributed by atoms with E-state index in [1.807, 2.05) is 25.1 Å². The number of anilines is 1. The van der Waals surface area contributed by atoms with Crippen molar-refractivity contribution in [1.29, 1.82) is 0 Å². The summed E-state index contributed by atoms with van der Waals surface area (Å²) in [6, 6.07) is 7.42. The lowest BCUT2D eigenvalue weighted by molar-refractivity contribution is -0.254. The average molecular weight is 497 g/mol. The summed E-state index contributed by atoms with van der Waals surface area (Å²) in [4.78, 5) is 46.9. The standard InChI is InChI=1S/C22H28N2O9S/c1-11-7-6-8-16(9-11)23-22(34)24-21-20(32-15(5)28)19(31-14(4)27)18(30-13(3)26)17(33-21)10-29-12(2)25/h6-9,17-21H,10H2,1-5H3,(H2,23,24,34)/t17-,18+,19+,20-,21+/m0/s1. The normalized spacial score (nSPS) is 23.7. The van der Waals surface area contributed by atoms with E-state index in [-0.39, 0.29) is 11.7 Å². The van der Waals surface area contributed by atoms with Gasteiger partial charge in [0, 0.05) is 33.4 Å². The van der Waals surface area contributed by atoms with Crippen molar-refractivity contribution in [2.45, 2.75) is 65.3 Å². The van der Waals surface area contributed by atoms with Crippen LogP contribution in [-0.4, -0.2) is 66.2 Å². The number of benzene rings is 1. The van der Waals surface area contributed by atoms with E-state index in [0.29, 0.717) is 5.69 Å². The van der Waals surface area contributed by atoms with Gasteiger partial charge in [0.25, 0.3) is 0 Å². The molecule has 12 heteroatoms. The number of hydrogen-bond acceptors (Lipinski definition) is 10. The van der Waals surface area contributed by atoms with Gasteiger partial charge >= 0.3 is 23.9 Å². The van der Waals surface area contributed by atoms with Crippen molar-refractivity contribution in [3.63, 3.8) is 0 Å². The molecular formula is C22H28N2O9S. The Morgan fingerprint density at radius 1 is 0.912 bits per heavy atom. The summed E-state index contributed by atoms with van der Waals surface area (Å²) in [6.45, 7) is 6.26. The molecule has 1 aromatic carbocycles. The molecule has 0 unspecified atom stereocenters. The van der Waals surface area contributed by atoms with Crippen molar-refractivity contribution >= 4 is 46.9 Å². The summed E-state index contributed by atoms with van der Waals surface area (Å²) in [5.41, 5.74) is 1.70. The van der Waals surface area contributed by atoms with Crippen LogP contribution in [0.2, 0.25) is 0 Å². The van der Waals surface area contributed by atoms with Crippen LogP contribution in [0.1, 0.15) is 33.3 Å². The average Bonchev–Trinajstić information content (AvgIpc) is 2.70. The van der Waals surface area contributed by atoms with Crippen LogP contribution in [0.15, 0.2) is 24.3 Å². The molecule has 2 N–H and O–H groups in total. The molecular weight excluding hydrogens is 468 g/mol. The number of hydrogen-bond donors (Lipinski definition) is 2. The van der Waals surface area contributed by atoms with E-state index in [1.165, 1.54) is 6.92 Å². The molecule has 34 heavy (non-hydrogen) atoms. The molecule has 0 aromatic heterocycles. The minimum absolute atomic E-state index is 0.117. The van der Waals surface area contributed by atoms with Crippen molar-refractivity contribution in [2.24, 2.45) is 0 Å². The Hall–Kier alpha value is -3.25. The largest absolute Gasteiger partial charge is 0.463 e. The molecule has 2 rings (SSSR count). The Labute approximate surface area is 202 Å². The fourth-order valence-electron chi connectivity index (χ4n) is 3.36.